The van der Waals surface area contributed by atoms with Crippen LogP contribution in [0.4, 0.5) is 0 Å². The van der Waals surface area contributed by atoms with E-state index in [1.54, 1.807) is 25.1 Å². The SMILES string of the molecule is Cc1cccc(CNC(=O)c2cccc(C)c2O)c1. The van der Waals surface area contributed by atoms with Gasteiger partial charge in [0, 0.05) is 6.54 Å². The molecule has 3 nitrogen and oxygen atoms in total. The average Bonchev–Trinajstić information content (AvgIpc) is 2.39. The second kappa shape index (κ2) is 5.57. The molecule has 2 aromatic carbocycles. The van der Waals surface area contributed by atoms with E-state index in [9.17, 15) is 9.90 Å². The molecule has 2 N–H and O–H groups in total. The lowest BCUT2D eigenvalue weighted by atomic mass is 10.1. The summed E-state index contributed by atoms with van der Waals surface area (Å²) in [7, 11) is 0. The predicted octanol–water partition coefficient (Wildman–Crippen LogP) is 2.94. The standard InChI is InChI=1S/C16H17NO2/c1-11-5-3-7-13(9-11)10-17-16(19)14-8-4-6-12(2)15(14)18/h3-9,18H,10H2,1-2H3,(H,17,19). The first-order chi connectivity index (χ1) is 9.08. The number of nitrogens with one attached hydrogen (secondary N) is 1. The Morgan fingerprint density at radius 3 is 2.63 bits per heavy atom. The maximum absolute atomic E-state index is 12.0. The number of hydrogen-bond donors (Lipinski definition) is 2. The number of carbonyl (C=O) groups is 1. The molecule has 19 heavy (non-hydrogen) atoms. The maximum Gasteiger partial charge on any atom is 0.255 e. The molecule has 0 fully saturated rings. The highest BCUT2D eigenvalue weighted by Gasteiger charge is 2.11. The fourth-order valence-corrected chi connectivity index (χ4v) is 1.94. The lowest BCUT2D eigenvalue weighted by Crippen LogP contribution is -2.23. The van der Waals surface area contributed by atoms with Gasteiger partial charge in [-0.05, 0) is 31.0 Å². The zero-order valence-corrected chi connectivity index (χ0v) is 11.1. The second-order valence-electron chi connectivity index (χ2n) is 4.64. The van der Waals surface area contributed by atoms with E-state index in [1.165, 1.54) is 0 Å². The quantitative estimate of drug-likeness (QED) is 0.886. The number of carbonyl (C=O) groups excluding carboxylic acids is 1. The molecule has 0 aromatic heterocycles. The minimum atomic E-state index is -0.261. The lowest BCUT2D eigenvalue weighted by Gasteiger charge is -2.08. The van der Waals surface area contributed by atoms with Gasteiger partial charge in [-0.25, -0.2) is 0 Å². The van der Waals surface area contributed by atoms with Crippen molar-refractivity contribution >= 4 is 5.91 Å². The van der Waals surface area contributed by atoms with Crippen molar-refractivity contribution in [2.24, 2.45) is 0 Å². The molecule has 0 saturated heterocycles. The molecule has 0 aliphatic heterocycles. The van der Waals surface area contributed by atoms with E-state index in [0.29, 0.717) is 17.7 Å². The van der Waals surface area contributed by atoms with Gasteiger partial charge in [0.15, 0.2) is 0 Å². The third-order valence-electron chi connectivity index (χ3n) is 3.02. The number of amides is 1. The first kappa shape index (κ1) is 13.1. The van der Waals surface area contributed by atoms with Gasteiger partial charge in [0.25, 0.3) is 5.91 Å². The Morgan fingerprint density at radius 2 is 1.89 bits per heavy atom. The van der Waals surface area contributed by atoms with Gasteiger partial charge in [-0.3, -0.25) is 4.79 Å². The third kappa shape index (κ3) is 3.13. The fraction of sp³-hybridized carbons (Fsp3) is 0.188. The summed E-state index contributed by atoms with van der Waals surface area (Å²) in [6.07, 6.45) is 0. The normalized spacial score (nSPS) is 10.2. The Balaban J connectivity index is 2.08. The number of benzene rings is 2. The molecule has 0 aliphatic rings. The van der Waals surface area contributed by atoms with Crippen LogP contribution in [-0.4, -0.2) is 11.0 Å². The van der Waals surface area contributed by atoms with Crippen LogP contribution in [0.3, 0.4) is 0 Å². The number of aryl methyl sites for hydroxylation is 2. The van der Waals surface area contributed by atoms with Crippen molar-refractivity contribution in [1.82, 2.24) is 5.32 Å². The van der Waals surface area contributed by atoms with Gasteiger partial charge in [-0.1, -0.05) is 42.0 Å². The Morgan fingerprint density at radius 1 is 1.16 bits per heavy atom. The summed E-state index contributed by atoms with van der Waals surface area (Å²) in [5, 5.41) is 12.7. The minimum absolute atomic E-state index is 0.0456. The van der Waals surface area contributed by atoms with Crippen LogP contribution in [-0.2, 0) is 6.54 Å². The highest BCUT2D eigenvalue weighted by atomic mass is 16.3. The summed E-state index contributed by atoms with van der Waals surface area (Å²) in [4.78, 5) is 12.0. The van der Waals surface area contributed by atoms with Crippen molar-refractivity contribution in [1.29, 1.82) is 0 Å². The van der Waals surface area contributed by atoms with E-state index < -0.39 is 0 Å². The van der Waals surface area contributed by atoms with Gasteiger partial charge in [0.1, 0.15) is 5.75 Å². The van der Waals surface area contributed by atoms with Gasteiger partial charge in [-0.2, -0.15) is 0 Å². The molecule has 2 aromatic rings. The summed E-state index contributed by atoms with van der Waals surface area (Å²) in [5.74, 6) is -0.216. The van der Waals surface area contributed by atoms with Gasteiger partial charge in [-0.15, -0.1) is 0 Å². The van der Waals surface area contributed by atoms with Crippen LogP contribution < -0.4 is 5.32 Å². The second-order valence-corrected chi connectivity index (χ2v) is 4.64. The molecule has 98 valence electrons. The average molecular weight is 255 g/mol. The smallest absolute Gasteiger partial charge is 0.255 e. The van der Waals surface area contributed by atoms with Crippen molar-refractivity contribution in [2.45, 2.75) is 20.4 Å². The Bertz CT molecular complexity index is 605. The number of rotatable bonds is 3. The van der Waals surface area contributed by atoms with Crippen molar-refractivity contribution in [3.8, 4) is 5.75 Å². The Hall–Kier alpha value is -2.29. The molecule has 0 heterocycles. The van der Waals surface area contributed by atoms with Crippen LogP contribution in [0.1, 0.15) is 27.0 Å². The number of hydrogen-bond acceptors (Lipinski definition) is 2. The molecule has 0 aliphatic carbocycles. The molecule has 2 rings (SSSR count). The number of para-hydroxylation sites is 1. The van der Waals surface area contributed by atoms with E-state index in [1.807, 2.05) is 31.2 Å². The molecule has 0 spiro atoms. The third-order valence-corrected chi connectivity index (χ3v) is 3.02. The summed E-state index contributed by atoms with van der Waals surface area (Å²) in [6.45, 7) is 4.23. The van der Waals surface area contributed by atoms with Crippen LogP contribution >= 0.6 is 0 Å². The number of aromatic hydroxyl groups is 1. The largest absolute Gasteiger partial charge is 0.507 e. The zero-order chi connectivity index (χ0) is 13.8. The molecule has 0 atom stereocenters. The highest BCUT2D eigenvalue weighted by molar-refractivity contribution is 5.97. The number of phenolic OH excluding ortho intramolecular Hbond substituents is 1. The molecule has 1 amide bonds. The maximum atomic E-state index is 12.0. The molecule has 0 saturated carbocycles. The van der Waals surface area contributed by atoms with Gasteiger partial charge < -0.3 is 10.4 Å². The van der Waals surface area contributed by atoms with Crippen LogP contribution in [0.15, 0.2) is 42.5 Å². The monoisotopic (exact) mass is 255 g/mol. The molecule has 3 heteroatoms. The molecule has 0 bridgehead atoms. The van der Waals surface area contributed by atoms with Crippen molar-refractivity contribution in [3.05, 3.63) is 64.7 Å². The van der Waals surface area contributed by atoms with E-state index >= 15 is 0 Å². The van der Waals surface area contributed by atoms with E-state index in [0.717, 1.165) is 11.1 Å². The molecular weight excluding hydrogens is 238 g/mol. The van der Waals surface area contributed by atoms with Gasteiger partial charge in [0.05, 0.1) is 5.56 Å². The van der Waals surface area contributed by atoms with Crippen LogP contribution in [0, 0.1) is 13.8 Å². The van der Waals surface area contributed by atoms with Gasteiger partial charge in [0.2, 0.25) is 0 Å². The van der Waals surface area contributed by atoms with E-state index in [2.05, 4.69) is 5.32 Å². The molecular formula is C16H17NO2. The first-order valence-corrected chi connectivity index (χ1v) is 6.20. The summed E-state index contributed by atoms with van der Waals surface area (Å²) in [5.41, 5.74) is 3.21. The molecule has 0 unspecified atom stereocenters. The van der Waals surface area contributed by atoms with E-state index in [4.69, 9.17) is 0 Å². The first-order valence-electron chi connectivity index (χ1n) is 6.20. The highest BCUT2D eigenvalue weighted by Crippen LogP contribution is 2.21. The predicted molar refractivity (Wildman–Crippen MR) is 75.2 cm³/mol. The Kier molecular flexibility index (Phi) is 3.85. The van der Waals surface area contributed by atoms with E-state index in [-0.39, 0.29) is 11.7 Å². The van der Waals surface area contributed by atoms with Crippen LogP contribution in [0.25, 0.3) is 0 Å². The lowest BCUT2D eigenvalue weighted by molar-refractivity contribution is 0.0948. The minimum Gasteiger partial charge on any atom is -0.507 e. The summed E-state index contributed by atoms with van der Waals surface area (Å²) in [6, 6.07) is 13.1. The zero-order valence-electron chi connectivity index (χ0n) is 11.1. The molecule has 0 radical (unpaired) electrons. The van der Waals surface area contributed by atoms with Gasteiger partial charge >= 0.3 is 0 Å². The van der Waals surface area contributed by atoms with Crippen molar-refractivity contribution in [2.75, 3.05) is 0 Å². The van der Waals surface area contributed by atoms with Crippen LogP contribution in [0.2, 0.25) is 0 Å². The summed E-state index contributed by atoms with van der Waals surface area (Å²) >= 11 is 0. The Labute approximate surface area is 112 Å². The van der Waals surface area contributed by atoms with Crippen LogP contribution in [0.5, 0.6) is 5.75 Å². The van der Waals surface area contributed by atoms with Crippen molar-refractivity contribution in [3.63, 3.8) is 0 Å². The topological polar surface area (TPSA) is 49.3 Å². The fourth-order valence-electron chi connectivity index (χ4n) is 1.94. The summed E-state index contributed by atoms with van der Waals surface area (Å²) < 4.78 is 0. The number of phenols is 1. The van der Waals surface area contributed by atoms with Crippen molar-refractivity contribution < 1.29 is 9.90 Å².